The Labute approximate surface area is 166 Å². The third-order valence-corrected chi connectivity index (χ3v) is 4.05. The number of methoxy groups -OCH3 is 1. The molecule has 0 bridgehead atoms. The van der Waals surface area contributed by atoms with Gasteiger partial charge < -0.3 is 20.5 Å². The summed E-state index contributed by atoms with van der Waals surface area (Å²) in [5.41, 5.74) is 8.67. The zero-order valence-corrected chi connectivity index (χ0v) is 16.6. The molecule has 1 atom stereocenters. The highest BCUT2D eigenvalue weighted by Crippen LogP contribution is 2.27. The van der Waals surface area contributed by atoms with E-state index in [0.29, 0.717) is 12.2 Å². The molecule has 0 saturated carbocycles. The van der Waals surface area contributed by atoms with E-state index >= 15 is 0 Å². The number of esters is 1. The monoisotopic (exact) mass is 391 g/mol. The molecule has 2 aromatic rings. The molecular formula is C20H26ClN3O3. The van der Waals surface area contributed by atoms with Crippen LogP contribution in [0.5, 0.6) is 5.75 Å². The Balaban J connectivity index is 0.00000364. The van der Waals surface area contributed by atoms with Gasteiger partial charge in [-0.15, -0.1) is 12.4 Å². The molecule has 0 spiro atoms. The van der Waals surface area contributed by atoms with Gasteiger partial charge in [0, 0.05) is 11.3 Å². The standard InChI is InChI=1S/C20H25N3O3.ClH/c1-4-13-12-15(8-11-17(13)25-3)18(20(24)26-5-2)23-16-9-6-14(7-10-16)19(21)22;/h6-12,18,23H,4-5H2,1-3H3,(H3,21,22);1H. The first-order valence-corrected chi connectivity index (χ1v) is 8.54. The highest BCUT2D eigenvalue weighted by atomic mass is 35.5. The Morgan fingerprint density at radius 1 is 1.19 bits per heavy atom. The number of aryl methyl sites for hydroxylation is 1. The lowest BCUT2D eigenvalue weighted by Gasteiger charge is -2.20. The summed E-state index contributed by atoms with van der Waals surface area (Å²) in [6.45, 7) is 4.12. The number of carbonyl (C=O) groups excluding carboxylic acids is 1. The Bertz CT molecular complexity index is 779. The number of carbonyl (C=O) groups is 1. The van der Waals surface area contributed by atoms with Crippen LogP contribution in [0.2, 0.25) is 0 Å². The van der Waals surface area contributed by atoms with Gasteiger partial charge in [0.25, 0.3) is 0 Å². The van der Waals surface area contributed by atoms with Crippen LogP contribution in [0.15, 0.2) is 42.5 Å². The highest BCUT2D eigenvalue weighted by Gasteiger charge is 2.23. The Morgan fingerprint density at radius 2 is 1.85 bits per heavy atom. The van der Waals surface area contributed by atoms with Gasteiger partial charge in [-0.2, -0.15) is 0 Å². The smallest absolute Gasteiger partial charge is 0.333 e. The number of hydrogen-bond donors (Lipinski definition) is 3. The van der Waals surface area contributed by atoms with Gasteiger partial charge >= 0.3 is 5.97 Å². The predicted molar refractivity (Wildman–Crippen MR) is 110 cm³/mol. The van der Waals surface area contributed by atoms with Crippen molar-refractivity contribution in [2.75, 3.05) is 19.0 Å². The maximum atomic E-state index is 12.5. The minimum absolute atomic E-state index is 0. The van der Waals surface area contributed by atoms with Crippen LogP contribution in [0.3, 0.4) is 0 Å². The van der Waals surface area contributed by atoms with Crippen molar-refractivity contribution in [1.82, 2.24) is 0 Å². The number of nitrogens with two attached hydrogens (primary N) is 1. The molecule has 146 valence electrons. The molecule has 4 N–H and O–H groups in total. The van der Waals surface area contributed by atoms with Gasteiger partial charge in [-0.3, -0.25) is 5.41 Å². The molecule has 0 fully saturated rings. The average molecular weight is 392 g/mol. The van der Waals surface area contributed by atoms with E-state index in [1.165, 1.54) is 0 Å². The van der Waals surface area contributed by atoms with Crippen LogP contribution in [-0.4, -0.2) is 25.5 Å². The van der Waals surface area contributed by atoms with Crippen molar-refractivity contribution in [1.29, 1.82) is 5.41 Å². The van der Waals surface area contributed by atoms with Gasteiger partial charge in [-0.25, -0.2) is 4.79 Å². The lowest BCUT2D eigenvalue weighted by molar-refractivity contribution is -0.144. The molecule has 1 unspecified atom stereocenters. The van der Waals surface area contributed by atoms with Crippen molar-refractivity contribution in [3.05, 3.63) is 59.2 Å². The van der Waals surface area contributed by atoms with E-state index in [-0.39, 0.29) is 24.2 Å². The van der Waals surface area contributed by atoms with Crippen molar-refractivity contribution < 1.29 is 14.3 Å². The van der Waals surface area contributed by atoms with Gasteiger partial charge in [-0.1, -0.05) is 13.0 Å². The first kappa shape index (κ1) is 22.3. The Hall–Kier alpha value is -2.73. The maximum absolute atomic E-state index is 12.5. The van der Waals surface area contributed by atoms with E-state index < -0.39 is 6.04 Å². The van der Waals surface area contributed by atoms with Crippen molar-refractivity contribution in [2.45, 2.75) is 26.3 Å². The Morgan fingerprint density at radius 3 is 2.37 bits per heavy atom. The summed E-state index contributed by atoms with van der Waals surface area (Å²) in [6, 6.07) is 12.1. The summed E-state index contributed by atoms with van der Waals surface area (Å²) < 4.78 is 10.6. The van der Waals surface area contributed by atoms with E-state index in [2.05, 4.69) is 5.32 Å². The number of ether oxygens (including phenoxy) is 2. The minimum atomic E-state index is -0.644. The molecule has 27 heavy (non-hydrogen) atoms. The number of benzene rings is 2. The van der Waals surface area contributed by atoms with Crippen LogP contribution in [0, 0.1) is 5.41 Å². The summed E-state index contributed by atoms with van der Waals surface area (Å²) >= 11 is 0. The highest BCUT2D eigenvalue weighted by molar-refractivity contribution is 5.95. The van der Waals surface area contributed by atoms with E-state index in [4.69, 9.17) is 20.6 Å². The van der Waals surface area contributed by atoms with E-state index in [1.807, 2.05) is 25.1 Å². The van der Waals surface area contributed by atoms with Crippen molar-refractivity contribution in [2.24, 2.45) is 5.73 Å². The van der Waals surface area contributed by atoms with Gasteiger partial charge in [0.15, 0.2) is 6.04 Å². The quantitative estimate of drug-likeness (QED) is 0.362. The molecule has 0 heterocycles. The third-order valence-electron chi connectivity index (χ3n) is 4.05. The van der Waals surface area contributed by atoms with E-state index in [9.17, 15) is 4.79 Å². The fourth-order valence-electron chi connectivity index (χ4n) is 2.67. The molecule has 0 saturated heterocycles. The number of halogens is 1. The zero-order valence-electron chi connectivity index (χ0n) is 15.7. The largest absolute Gasteiger partial charge is 0.496 e. The summed E-state index contributed by atoms with van der Waals surface area (Å²) in [5, 5.41) is 10.7. The van der Waals surface area contributed by atoms with Crippen LogP contribution in [-0.2, 0) is 16.0 Å². The van der Waals surface area contributed by atoms with Gasteiger partial charge in [0.2, 0.25) is 0 Å². The first-order chi connectivity index (χ1) is 12.5. The number of nitrogens with one attached hydrogen (secondary N) is 2. The Kier molecular flexibility index (Phi) is 8.62. The van der Waals surface area contributed by atoms with Crippen LogP contribution in [0.4, 0.5) is 5.69 Å². The SMILES string of the molecule is CCOC(=O)C(Nc1ccc(C(=N)N)cc1)c1ccc(OC)c(CC)c1.Cl. The van der Waals surface area contributed by atoms with Crippen LogP contribution >= 0.6 is 12.4 Å². The average Bonchev–Trinajstić information content (AvgIpc) is 2.66. The van der Waals surface area contributed by atoms with E-state index in [0.717, 1.165) is 29.0 Å². The minimum Gasteiger partial charge on any atom is -0.496 e. The topological polar surface area (TPSA) is 97.4 Å². The number of nitrogen functional groups attached to an aromatic ring is 1. The second kappa shape index (κ2) is 10.4. The maximum Gasteiger partial charge on any atom is 0.333 e. The van der Waals surface area contributed by atoms with Crippen molar-refractivity contribution in [3.8, 4) is 5.75 Å². The lowest BCUT2D eigenvalue weighted by Crippen LogP contribution is -2.23. The second-order valence-electron chi connectivity index (χ2n) is 5.75. The molecule has 2 rings (SSSR count). The van der Waals surface area contributed by atoms with Crippen LogP contribution < -0.4 is 15.8 Å². The summed E-state index contributed by atoms with van der Waals surface area (Å²) in [4.78, 5) is 12.5. The van der Waals surface area contributed by atoms with E-state index in [1.54, 1.807) is 38.3 Å². The number of anilines is 1. The molecule has 2 aromatic carbocycles. The fraction of sp³-hybridized carbons (Fsp3) is 0.300. The summed E-state index contributed by atoms with van der Waals surface area (Å²) in [6.07, 6.45) is 0.792. The molecule has 0 amide bonds. The fourth-order valence-corrected chi connectivity index (χ4v) is 2.67. The molecular weight excluding hydrogens is 366 g/mol. The predicted octanol–water partition coefficient (Wildman–Crippen LogP) is 3.68. The van der Waals surface area contributed by atoms with Gasteiger partial charge in [0.1, 0.15) is 11.6 Å². The second-order valence-corrected chi connectivity index (χ2v) is 5.75. The molecule has 6 nitrogen and oxygen atoms in total. The normalized spacial score (nSPS) is 11.1. The molecule has 0 aliphatic carbocycles. The number of rotatable bonds is 8. The summed E-state index contributed by atoms with van der Waals surface area (Å²) in [7, 11) is 1.63. The number of amidine groups is 1. The van der Waals surface area contributed by atoms with Crippen LogP contribution in [0.1, 0.15) is 36.6 Å². The molecule has 7 heteroatoms. The van der Waals surface area contributed by atoms with Crippen LogP contribution in [0.25, 0.3) is 0 Å². The molecule has 0 aliphatic heterocycles. The lowest BCUT2D eigenvalue weighted by atomic mass is 10.0. The summed E-state index contributed by atoms with van der Waals surface area (Å²) in [5.74, 6) is 0.446. The third kappa shape index (κ3) is 5.62. The van der Waals surface area contributed by atoms with Crippen molar-refractivity contribution >= 4 is 29.9 Å². The van der Waals surface area contributed by atoms with Crippen molar-refractivity contribution in [3.63, 3.8) is 0 Å². The van der Waals surface area contributed by atoms with Gasteiger partial charge in [-0.05, 0) is 60.9 Å². The molecule has 0 radical (unpaired) electrons. The molecule has 0 aromatic heterocycles. The molecule has 0 aliphatic rings. The zero-order chi connectivity index (χ0) is 19.1. The first-order valence-electron chi connectivity index (χ1n) is 8.54. The van der Waals surface area contributed by atoms with Gasteiger partial charge in [0.05, 0.1) is 13.7 Å². The number of hydrogen-bond acceptors (Lipinski definition) is 5.